The van der Waals surface area contributed by atoms with Gasteiger partial charge in [0.05, 0.1) is 19.8 Å². The van der Waals surface area contributed by atoms with E-state index >= 15 is 0 Å². The Labute approximate surface area is 101 Å². The van der Waals surface area contributed by atoms with Crippen LogP contribution in [0.1, 0.15) is 15.9 Å². The Morgan fingerprint density at radius 1 is 1.33 bits per heavy atom. The molecule has 0 aliphatic carbocycles. The highest BCUT2D eigenvalue weighted by molar-refractivity contribution is 5.93. The molecule has 0 fully saturated rings. The third kappa shape index (κ3) is 2.85. The van der Waals surface area contributed by atoms with E-state index in [9.17, 15) is 13.6 Å². The number of methoxy groups -OCH3 is 2. The molecule has 0 saturated heterocycles. The standard InChI is InChI=1S/C11H9F2NO4/c1-16-8-4-7(10(15)17-2)9(18-11(12)13)3-6(8)5-14/h3-4,11H,1-2H3. The zero-order valence-corrected chi connectivity index (χ0v) is 9.57. The first kappa shape index (κ1) is 13.7. The van der Waals surface area contributed by atoms with Crippen molar-refractivity contribution < 1.29 is 27.8 Å². The van der Waals surface area contributed by atoms with E-state index in [1.54, 1.807) is 6.07 Å². The minimum atomic E-state index is -3.12. The molecule has 7 heteroatoms. The molecule has 0 radical (unpaired) electrons. The van der Waals surface area contributed by atoms with Crippen LogP contribution in [0, 0.1) is 11.3 Å². The molecule has 1 aromatic rings. The first-order valence-electron chi connectivity index (χ1n) is 4.68. The van der Waals surface area contributed by atoms with E-state index in [-0.39, 0.29) is 16.9 Å². The summed E-state index contributed by atoms with van der Waals surface area (Å²) in [6.45, 7) is -3.12. The molecule has 0 aliphatic rings. The molecule has 0 saturated carbocycles. The number of carbonyl (C=O) groups excluding carboxylic acids is 1. The maximum Gasteiger partial charge on any atom is 0.387 e. The lowest BCUT2D eigenvalue weighted by atomic mass is 10.1. The van der Waals surface area contributed by atoms with E-state index in [0.29, 0.717) is 0 Å². The molecule has 0 aromatic heterocycles. The average molecular weight is 257 g/mol. The number of esters is 1. The van der Waals surface area contributed by atoms with E-state index in [4.69, 9.17) is 10.00 Å². The van der Waals surface area contributed by atoms with Crippen LogP contribution in [0.4, 0.5) is 8.78 Å². The summed E-state index contributed by atoms with van der Waals surface area (Å²) < 4.78 is 37.9. The normalized spacial score (nSPS) is 9.78. The van der Waals surface area contributed by atoms with E-state index in [1.807, 2.05) is 0 Å². The highest BCUT2D eigenvalue weighted by Crippen LogP contribution is 2.30. The fraction of sp³-hybridized carbons (Fsp3) is 0.273. The highest BCUT2D eigenvalue weighted by atomic mass is 19.3. The van der Waals surface area contributed by atoms with Gasteiger partial charge in [-0.15, -0.1) is 0 Å². The smallest absolute Gasteiger partial charge is 0.387 e. The minimum Gasteiger partial charge on any atom is -0.495 e. The predicted octanol–water partition coefficient (Wildman–Crippen LogP) is 1.95. The molecule has 0 unspecified atom stereocenters. The third-order valence-electron chi connectivity index (χ3n) is 2.04. The number of benzene rings is 1. The third-order valence-corrected chi connectivity index (χ3v) is 2.04. The second kappa shape index (κ2) is 5.82. The number of ether oxygens (including phenoxy) is 3. The number of hydrogen-bond donors (Lipinski definition) is 0. The molecule has 18 heavy (non-hydrogen) atoms. The van der Waals surface area contributed by atoms with Crippen molar-refractivity contribution in [2.45, 2.75) is 6.61 Å². The zero-order chi connectivity index (χ0) is 13.7. The number of hydrogen-bond acceptors (Lipinski definition) is 5. The summed E-state index contributed by atoms with van der Waals surface area (Å²) >= 11 is 0. The van der Waals surface area contributed by atoms with Crippen LogP contribution in [0.25, 0.3) is 0 Å². The maximum absolute atomic E-state index is 12.2. The molecule has 96 valence electrons. The van der Waals surface area contributed by atoms with Crippen LogP contribution in [0.3, 0.4) is 0 Å². The lowest BCUT2D eigenvalue weighted by Gasteiger charge is -2.12. The van der Waals surface area contributed by atoms with Gasteiger partial charge >= 0.3 is 12.6 Å². The molecule has 0 bridgehead atoms. The van der Waals surface area contributed by atoms with Crippen LogP contribution in [0.5, 0.6) is 11.5 Å². The molecule has 1 aromatic carbocycles. The van der Waals surface area contributed by atoms with Crippen molar-refractivity contribution in [1.82, 2.24) is 0 Å². The van der Waals surface area contributed by atoms with E-state index in [0.717, 1.165) is 19.2 Å². The van der Waals surface area contributed by atoms with Gasteiger partial charge in [-0.2, -0.15) is 14.0 Å². The topological polar surface area (TPSA) is 68.5 Å². The van der Waals surface area contributed by atoms with Gasteiger partial charge in [0.15, 0.2) is 0 Å². The van der Waals surface area contributed by atoms with Crippen LogP contribution in [-0.2, 0) is 4.74 Å². The summed E-state index contributed by atoms with van der Waals surface area (Å²) in [4.78, 5) is 11.4. The molecule has 0 aliphatic heterocycles. The molecule has 0 atom stereocenters. The fourth-order valence-corrected chi connectivity index (χ4v) is 1.28. The first-order valence-corrected chi connectivity index (χ1v) is 4.68. The van der Waals surface area contributed by atoms with Crippen molar-refractivity contribution >= 4 is 5.97 Å². The Morgan fingerprint density at radius 3 is 2.44 bits per heavy atom. The fourth-order valence-electron chi connectivity index (χ4n) is 1.28. The molecule has 0 spiro atoms. The zero-order valence-electron chi connectivity index (χ0n) is 9.57. The van der Waals surface area contributed by atoms with Gasteiger partial charge in [-0.25, -0.2) is 4.79 Å². The molecule has 0 heterocycles. The summed E-state index contributed by atoms with van der Waals surface area (Å²) in [5.41, 5.74) is -0.269. The summed E-state index contributed by atoms with van der Waals surface area (Å²) in [6.07, 6.45) is 0. The van der Waals surface area contributed by atoms with Gasteiger partial charge in [-0.05, 0) is 6.07 Å². The molecule has 0 amide bonds. The van der Waals surface area contributed by atoms with E-state index in [1.165, 1.54) is 7.11 Å². The van der Waals surface area contributed by atoms with Crippen LogP contribution in [-0.4, -0.2) is 26.8 Å². The maximum atomic E-state index is 12.2. The van der Waals surface area contributed by atoms with Crippen molar-refractivity contribution in [2.24, 2.45) is 0 Å². The quantitative estimate of drug-likeness (QED) is 0.771. The van der Waals surface area contributed by atoms with Crippen LogP contribution < -0.4 is 9.47 Å². The molecular weight excluding hydrogens is 248 g/mol. The number of halogens is 2. The van der Waals surface area contributed by atoms with Gasteiger partial charge in [-0.3, -0.25) is 0 Å². The van der Waals surface area contributed by atoms with Gasteiger partial charge in [0, 0.05) is 6.07 Å². The number of nitriles is 1. The second-order valence-electron chi connectivity index (χ2n) is 3.03. The lowest BCUT2D eigenvalue weighted by Crippen LogP contribution is -2.10. The summed E-state index contributed by atoms with van der Waals surface area (Å²) in [6, 6.07) is 3.85. The van der Waals surface area contributed by atoms with Crippen molar-refractivity contribution in [3.05, 3.63) is 23.3 Å². The number of rotatable bonds is 4. The monoisotopic (exact) mass is 257 g/mol. The van der Waals surface area contributed by atoms with Crippen molar-refractivity contribution in [2.75, 3.05) is 14.2 Å². The van der Waals surface area contributed by atoms with Crippen LogP contribution in [0.15, 0.2) is 12.1 Å². The van der Waals surface area contributed by atoms with Gasteiger partial charge in [0.1, 0.15) is 23.1 Å². The molecule has 1 rings (SSSR count). The molecule has 0 N–H and O–H groups in total. The Balaban J connectivity index is 3.36. The summed E-state index contributed by atoms with van der Waals surface area (Å²) in [5.74, 6) is -1.23. The molecule has 5 nitrogen and oxygen atoms in total. The Morgan fingerprint density at radius 2 is 2.00 bits per heavy atom. The second-order valence-corrected chi connectivity index (χ2v) is 3.03. The van der Waals surface area contributed by atoms with E-state index < -0.39 is 18.3 Å². The van der Waals surface area contributed by atoms with Crippen molar-refractivity contribution in [1.29, 1.82) is 5.26 Å². The van der Waals surface area contributed by atoms with Crippen LogP contribution >= 0.6 is 0 Å². The average Bonchev–Trinajstić information content (AvgIpc) is 2.36. The lowest BCUT2D eigenvalue weighted by molar-refractivity contribution is -0.0504. The number of carbonyl (C=O) groups is 1. The summed E-state index contributed by atoms with van der Waals surface area (Å²) in [5, 5.41) is 8.81. The van der Waals surface area contributed by atoms with Gasteiger partial charge < -0.3 is 14.2 Å². The Hall–Kier alpha value is -2.36. The minimum absolute atomic E-state index is 0.0270. The number of nitrogens with zero attached hydrogens (tertiary/aromatic N) is 1. The van der Waals surface area contributed by atoms with Crippen molar-refractivity contribution in [3.8, 4) is 17.6 Å². The Bertz CT molecular complexity index is 497. The molecular formula is C11H9F2NO4. The summed E-state index contributed by atoms with van der Waals surface area (Å²) in [7, 11) is 2.38. The largest absolute Gasteiger partial charge is 0.495 e. The van der Waals surface area contributed by atoms with Crippen LogP contribution in [0.2, 0.25) is 0 Å². The number of alkyl halides is 2. The Kier molecular flexibility index (Phi) is 4.43. The van der Waals surface area contributed by atoms with E-state index in [2.05, 4.69) is 9.47 Å². The highest BCUT2D eigenvalue weighted by Gasteiger charge is 2.20. The SMILES string of the molecule is COC(=O)c1cc(OC)c(C#N)cc1OC(F)F. The van der Waals surface area contributed by atoms with Crippen molar-refractivity contribution in [3.63, 3.8) is 0 Å². The van der Waals surface area contributed by atoms with Gasteiger partial charge in [0.25, 0.3) is 0 Å². The van der Waals surface area contributed by atoms with Gasteiger partial charge in [-0.1, -0.05) is 0 Å². The van der Waals surface area contributed by atoms with Gasteiger partial charge in [0.2, 0.25) is 0 Å². The first-order chi connectivity index (χ1) is 8.53. The predicted molar refractivity (Wildman–Crippen MR) is 55.7 cm³/mol.